The van der Waals surface area contributed by atoms with Crippen molar-refractivity contribution in [2.75, 3.05) is 0 Å². The second kappa shape index (κ2) is 32.2. The summed E-state index contributed by atoms with van der Waals surface area (Å²) in [6.45, 7) is 0. The molecule has 0 spiro atoms. The number of rotatable bonds is 8. The van der Waals surface area contributed by atoms with Crippen LogP contribution >= 0.6 is 34.2 Å². The molecule has 0 saturated heterocycles. The van der Waals surface area contributed by atoms with Crippen molar-refractivity contribution < 1.29 is 0 Å². The minimum atomic E-state index is -2.53. The van der Waals surface area contributed by atoms with Crippen LogP contribution in [0.4, 0.5) is 0 Å². The maximum Gasteiger partial charge on any atom is 0.146 e. The molecule has 27 rings (SSSR count). The van der Waals surface area contributed by atoms with E-state index in [1.54, 1.807) is 0 Å². The minimum absolute atomic E-state index is 0. The molecule has 0 amide bonds. The quantitative estimate of drug-likeness (QED) is 0.120. The average Bonchev–Trinajstić information content (AvgIpc) is 1.62. The standard InChI is InChI=1S/C39H25N2PS.C38H24N3PS.C24H16N3P.C12H9N.H2S/c43-42(28-11-2-1-3-12-28,29-21-20-27-19-18-26-10-4-5-13-31(26)34(27)24-29)30-22-23-32-33-14-6-8-16-37(33)41-38-17-9-7-15-36(38)40-39(41)35(32)25-30;43-42(28-18-17-25-9-1-2-10-26(25)21-28,30-22-27-11-3-5-13-34(27)39-24-30)29-19-20-31-32-12-4-7-15-36(32)41-37-16-8-6-14-35(37)40-38(41)33(31)23-29;1-3-7-22-19(5-1)18-10-9-17(28-16-11-13-25-14-12-16)15-20(18)24-26-21-6-2-4-8-23(21)27(22)24;1-3-7-11-9(5-1)10-6-2-4-8-12(10)13-11;/h1-25H;1-24H;1-15,28H;1-8,13H;1H2. The predicted octanol–water partition coefficient (Wildman–Crippen LogP) is 25.4. The molecule has 27 aromatic rings. The Hall–Kier alpha value is -14.4. The van der Waals surface area contributed by atoms with Crippen LogP contribution in [0.1, 0.15) is 0 Å². The fraction of sp³-hybridized carbons (Fsp3) is 0. The van der Waals surface area contributed by atoms with E-state index in [0.29, 0.717) is 8.58 Å². The summed E-state index contributed by atoms with van der Waals surface area (Å²) in [6, 6.07) is 144. The molecule has 606 valence electrons. The van der Waals surface area contributed by atoms with Crippen LogP contribution in [-0.2, 0) is 23.6 Å². The largest absolute Gasteiger partial charge is 0.355 e. The van der Waals surface area contributed by atoms with Crippen molar-refractivity contribution in [3.8, 4) is 0 Å². The highest BCUT2D eigenvalue weighted by molar-refractivity contribution is 8.26. The summed E-state index contributed by atoms with van der Waals surface area (Å²) in [4.78, 5) is 27.7. The van der Waals surface area contributed by atoms with Crippen LogP contribution in [0.5, 0.6) is 0 Å². The first-order chi connectivity index (χ1) is 62.7. The highest BCUT2D eigenvalue weighted by atomic mass is 32.4. The molecule has 0 aliphatic carbocycles. The topological polar surface area (TPSA) is 93.5 Å². The monoisotopic (exact) mass is 1750 g/mol. The van der Waals surface area contributed by atoms with Gasteiger partial charge in [-0.05, 0) is 207 Å². The van der Waals surface area contributed by atoms with E-state index in [9.17, 15) is 0 Å². The lowest BCUT2D eigenvalue weighted by atomic mass is 10.0. The van der Waals surface area contributed by atoms with Gasteiger partial charge in [-0.25, -0.2) is 15.0 Å². The molecule has 1 N–H and O–H groups in total. The molecule has 3 atom stereocenters. The number of para-hydroxylation sites is 12. The van der Waals surface area contributed by atoms with Crippen molar-refractivity contribution in [1.82, 2.24) is 43.1 Å². The maximum absolute atomic E-state index is 6.92. The molecule has 0 fully saturated rings. The van der Waals surface area contributed by atoms with Crippen LogP contribution in [-0.4, -0.2) is 43.1 Å². The maximum atomic E-state index is 6.92. The normalized spacial score (nSPS) is 12.8. The van der Waals surface area contributed by atoms with Crippen LogP contribution in [0, 0.1) is 0 Å². The van der Waals surface area contributed by atoms with E-state index < -0.39 is 12.1 Å². The molecule has 0 saturated carbocycles. The van der Waals surface area contributed by atoms with Gasteiger partial charge in [0, 0.05) is 95.5 Å². The van der Waals surface area contributed by atoms with Crippen molar-refractivity contribution in [2.45, 2.75) is 0 Å². The van der Waals surface area contributed by atoms with Crippen LogP contribution in [0.2, 0.25) is 0 Å². The van der Waals surface area contributed by atoms with E-state index in [4.69, 9.17) is 43.5 Å². The molecular formula is C113H76N9P3S3. The van der Waals surface area contributed by atoms with Gasteiger partial charge in [0.1, 0.15) is 16.9 Å². The fourth-order valence-corrected chi connectivity index (χ4v) is 27.5. The Kier molecular flexibility index (Phi) is 19.7. The van der Waals surface area contributed by atoms with Crippen LogP contribution < -0.4 is 42.4 Å². The molecule has 0 bridgehead atoms. The van der Waals surface area contributed by atoms with Crippen molar-refractivity contribution in [2.24, 2.45) is 0 Å². The van der Waals surface area contributed by atoms with E-state index in [2.05, 4.69) is 436 Å². The highest BCUT2D eigenvalue weighted by Crippen LogP contribution is 2.48. The number of aromatic nitrogens is 9. The number of fused-ring (bicyclic) bond motifs is 32. The molecule has 0 radical (unpaired) electrons. The van der Waals surface area contributed by atoms with E-state index in [1.807, 2.05) is 24.7 Å². The number of hydrogen-bond donors (Lipinski definition) is 1. The Morgan fingerprint density at radius 2 is 0.594 bits per heavy atom. The Morgan fingerprint density at radius 1 is 0.234 bits per heavy atom. The van der Waals surface area contributed by atoms with Gasteiger partial charge >= 0.3 is 0 Å². The molecule has 0 aliphatic heterocycles. The first kappa shape index (κ1) is 78.3. The summed E-state index contributed by atoms with van der Waals surface area (Å²) in [5.41, 5.74) is 16.2. The van der Waals surface area contributed by atoms with E-state index >= 15 is 0 Å². The van der Waals surface area contributed by atoms with Gasteiger partial charge in [0.05, 0.1) is 55.2 Å². The SMILES string of the molecule is S.S=P(c1ccc2ccccc2c1)(c1cnc2ccccc2c1)c1ccc2c3ccccc3n3c4ccccc4nc3c2c1.S=P(c1ccccc1)(c1ccc2ccc3ccccc3c2c1)c1ccc2c3ccccc3n3c4ccccc4nc3c2c1.c1ccc2c(c1)[nH]c1ccccc12.c1ccc2c(c1)nc1c3cc(Pc4ccncc4)ccc3c3ccccc3n21. The van der Waals surface area contributed by atoms with E-state index in [-0.39, 0.29) is 13.5 Å². The Bertz CT molecular complexity index is 9140. The van der Waals surface area contributed by atoms with Gasteiger partial charge in [-0.15, -0.1) is 0 Å². The molecule has 3 unspecified atom stereocenters. The van der Waals surface area contributed by atoms with Gasteiger partial charge < -0.3 is 4.98 Å². The summed E-state index contributed by atoms with van der Waals surface area (Å²) in [6.07, 6.45) is 5.72. The van der Waals surface area contributed by atoms with Crippen molar-refractivity contribution in [3.05, 3.63) is 437 Å². The number of benzene rings is 18. The number of imidazole rings is 3. The van der Waals surface area contributed by atoms with E-state index in [0.717, 1.165) is 98.7 Å². The first-order valence-corrected chi connectivity index (χ1v) is 49.1. The Morgan fingerprint density at radius 3 is 1.12 bits per heavy atom. The van der Waals surface area contributed by atoms with Crippen LogP contribution in [0.15, 0.2) is 437 Å². The summed E-state index contributed by atoms with van der Waals surface area (Å²) in [5, 5.41) is 31.3. The van der Waals surface area contributed by atoms with E-state index in [1.165, 1.54) is 124 Å². The molecule has 0 aliphatic rings. The third-order valence-electron chi connectivity index (χ3n) is 25.1. The number of pyridine rings is 5. The lowest BCUT2D eigenvalue weighted by molar-refractivity contribution is 1.31. The number of aromatic amines is 1. The van der Waals surface area contributed by atoms with Gasteiger partial charge in [0.25, 0.3) is 0 Å². The molecule has 9 heterocycles. The third-order valence-corrected chi connectivity index (χ3v) is 36.1. The highest BCUT2D eigenvalue weighted by Gasteiger charge is 2.30. The molecule has 18 aromatic carbocycles. The van der Waals surface area contributed by atoms with Crippen molar-refractivity contribution in [3.63, 3.8) is 0 Å². The smallest absolute Gasteiger partial charge is 0.146 e. The summed E-state index contributed by atoms with van der Waals surface area (Å²) in [5.74, 6) is 0. The Balaban J connectivity index is 0.000000104. The molecular weight excluding hydrogens is 1670 g/mol. The van der Waals surface area contributed by atoms with Gasteiger partial charge in [0.2, 0.25) is 0 Å². The lowest BCUT2D eigenvalue weighted by Gasteiger charge is -2.25. The van der Waals surface area contributed by atoms with Crippen LogP contribution in [0.3, 0.4) is 0 Å². The molecule has 15 heteroatoms. The summed E-state index contributed by atoms with van der Waals surface area (Å²) in [7, 11) is 0.600. The number of hydrogen-bond acceptors (Lipinski definition) is 7. The third kappa shape index (κ3) is 13.2. The summed E-state index contributed by atoms with van der Waals surface area (Å²) >= 11 is 13.8. The molecule has 9 nitrogen and oxygen atoms in total. The fourth-order valence-electron chi connectivity index (χ4n) is 19.1. The van der Waals surface area contributed by atoms with Gasteiger partial charge in [-0.2, -0.15) is 13.5 Å². The zero-order valence-corrected chi connectivity index (χ0v) is 74.3. The van der Waals surface area contributed by atoms with Crippen molar-refractivity contribution >= 4 is 280 Å². The number of H-pyrrole nitrogens is 1. The van der Waals surface area contributed by atoms with Gasteiger partial charge in [-0.1, -0.05) is 329 Å². The molecule has 128 heavy (non-hydrogen) atoms. The second-order valence-corrected chi connectivity index (χ2v) is 42.5. The Labute approximate surface area is 754 Å². The zero-order valence-electron chi connectivity index (χ0n) is 68.9. The van der Waals surface area contributed by atoms with Gasteiger partial charge in [0.15, 0.2) is 0 Å². The number of nitrogens with one attached hydrogen (secondary N) is 1. The minimum Gasteiger partial charge on any atom is -0.355 e. The average molecular weight is 1750 g/mol. The number of nitrogens with zero attached hydrogens (tertiary/aromatic N) is 8. The lowest BCUT2D eigenvalue weighted by Crippen LogP contribution is -2.25. The zero-order chi connectivity index (χ0) is 84.3. The van der Waals surface area contributed by atoms with Crippen molar-refractivity contribution in [1.29, 1.82) is 0 Å². The second-order valence-electron chi connectivity index (χ2n) is 32.3. The van der Waals surface area contributed by atoms with Gasteiger partial charge in [-0.3, -0.25) is 23.2 Å². The first-order valence-electron chi connectivity index (χ1n) is 42.5. The predicted molar refractivity (Wildman–Crippen MR) is 561 cm³/mol. The van der Waals surface area contributed by atoms with Crippen LogP contribution in [0.25, 0.3) is 180 Å². The molecule has 9 aromatic heterocycles. The summed E-state index contributed by atoms with van der Waals surface area (Å²) < 4.78 is 6.91.